The van der Waals surface area contributed by atoms with Crippen molar-refractivity contribution in [2.45, 2.75) is 58.0 Å². The fraction of sp³-hybridized carbons (Fsp3) is 0.294. The standard InChI is InChI=1S/C34H32N7OS/c1-22(23-8-9-23)30-17-25-18-35-34(37-27-10-12-28(13-11-27)40-16-15-39-14-4-7-29(39)21-40)38-32(25)41(33(30)42)20-26-19-36-43-31(26)24-5-2-3-6-24/h5,10-13,15-19,21,23H,1-4,6-9,14,20H2/q+1/p+1. The fourth-order valence-electron chi connectivity index (χ4n) is 6.32. The summed E-state index contributed by atoms with van der Waals surface area (Å²) in [6, 6.07) is 10.2. The van der Waals surface area contributed by atoms with Crippen molar-refractivity contribution in [2.24, 2.45) is 5.92 Å². The van der Waals surface area contributed by atoms with Gasteiger partial charge < -0.3 is 5.32 Å². The summed E-state index contributed by atoms with van der Waals surface area (Å²) in [5, 5.41) is 4.18. The lowest BCUT2D eigenvalue weighted by molar-refractivity contribution is -0.717. The van der Waals surface area contributed by atoms with E-state index in [-0.39, 0.29) is 5.56 Å². The van der Waals surface area contributed by atoms with Gasteiger partial charge >= 0.3 is 0 Å². The van der Waals surface area contributed by atoms with Crippen LogP contribution in [0.2, 0.25) is 0 Å². The molecule has 0 bridgehead atoms. The number of rotatable bonds is 8. The topological polar surface area (TPSA) is 80.5 Å². The Kier molecular flexibility index (Phi) is 6.48. The van der Waals surface area contributed by atoms with Gasteiger partial charge in [-0.25, -0.2) is 9.36 Å². The molecule has 0 radical (unpaired) electrons. The van der Waals surface area contributed by atoms with E-state index >= 15 is 0 Å². The van der Waals surface area contributed by atoms with Crippen LogP contribution in [0, 0.1) is 5.92 Å². The maximum Gasteiger partial charge on any atom is 0.260 e. The number of nitrogens with zero attached hydrogens (tertiary/aromatic N) is 6. The van der Waals surface area contributed by atoms with Crippen LogP contribution in [0.15, 0.2) is 78.8 Å². The minimum Gasteiger partial charge on any atom is -0.324 e. The zero-order valence-corrected chi connectivity index (χ0v) is 24.8. The highest BCUT2D eigenvalue weighted by molar-refractivity contribution is 7.07. The van der Waals surface area contributed by atoms with Crippen molar-refractivity contribution in [2.75, 3.05) is 5.32 Å². The quantitative estimate of drug-likeness (QED) is 0.241. The third-order valence-electron chi connectivity index (χ3n) is 8.87. The first-order chi connectivity index (χ1) is 21.1. The van der Waals surface area contributed by atoms with Crippen LogP contribution in [0.5, 0.6) is 0 Å². The van der Waals surface area contributed by atoms with Gasteiger partial charge in [0.25, 0.3) is 5.56 Å². The molecule has 43 heavy (non-hydrogen) atoms. The van der Waals surface area contributed by atoms with Crippen LogP contribution in [-0.2, 0) is 19.5 Å². The summed E-state index contributed by atoms with van der Waals surface area (Å²) in [6.07, 6.45) is 20.3. The number of benzene rings is 1. The van der Waals surface area contributed by atoms with Gasteiger partial charge in [-0.15, -0.1) is 0 Å². The molecule has 4 aromatic heterocycles. The van der Waals surface area contributed by atoms with Crippen molar-refractivity contribution in [3.8, 4) is 5.69 Å². The van der Waals surface area contributed by atoms with E-state index in [0.717, 1.165) is 66.5 Å². The van der Waals surface area contributed by atoms with Gasteiger partial charge in [-0.05, 0) is 78.9 Å². The minimum absolute atomic E-state index is 0.0551. The highest BCUT2D eigenvalue weighted by atomic mass is 32.1. The summed E-state index contributed by atoms with van der Waals surface area (Å²) < 4.78 is 10.8. The van der Waals surface area contributed by atoms with Crippen molar-refractivity contribution >= 4 is 45.3 Å². The zero-order chi connectivity index (χ0) is 28.9. The van der Waals surface area contributed by atoms with E-state index in [4.69, 9.17) is 4.98 Å². The van der Waals surface area contributed by atoms with E-state index in [1.165, 1.54) is 40.5 Å². The first kappa shape index (κ1) is 26.2. The number of fused-ring (bicyclic) bond motifs is 2. The number of aryl methyl sites for hydroxylation is 2. The normalized spacial score (nSPS) is 16.0. The molecule has 9 heteroatoms. The summed E-state index contributed by atoms with van der Waals surface area (Å²) in [5.74, 6) is 0.838. The maximum absolute atomic E-state index is 14.0. The van der Waals surface area contributed by atoms with Crippen molar-refractivity contribution in [3.05, 3.63) is 106 Å². The first-order valence-corrected chi connectivity index (χ1v) is 15.9. The fourth-order valence-corrected chi connectivity index (χ4v) is 7.14. The van der Waals surface area contributed by atoms with E-state index in [1.54, 1.807) is 4.57 Å². The predicted octanol–water partition coefficient (Wildman–Crippen LogP) is 5.54. The number of hydrogen-bond acceptors (Lipinski definition) is 6. The molecule has 8 nitrogen and oxygen atoms in total. The van der Waals surface area contributed by atoms with E-state index < -0.39 is 0 Å². The van der Waals surface area contributed by atoms with E-state index in [1.807, 2.05) is 30.6 Å². The summed E-state index contributed by atoms with van der Waals surface area (Å²) >= 11 is 1.51. The Balaban J connectivity index is 1.13. The molecule has 2 aliphatic carbocycles. The van der Waals surface area contributed by atoms with Gasteiger partial charge in [0, 0.05) is 59.6 Å². The van der Waals surface area contributed by atoms with Crippen LogP contribution in [0.4, 0.5) is 11.6 Å². The average molecular weight is 588 g/mol. The zero-order valence-electron chi connectivity index (χ0n) is 24.0. The Bertz CT molecular complexity index is 1980. The number of hydrogen-bond donors (Lipinski definition) is 1. The largest absolute Gasteiger partial charge is 0.324 e. The van der Waals surface area contributed by atoms with Crippen LogP contribution < -0.4 is 20.0 Å². The van der Waals surface area contributed by atoms with Crippen molar-refractivity contribution in [1.82, 2.24) is 18.9 Å². The third-order valence-corrected chi connectivity index (χ3v) is 9.78. The van der Waals surface area contributed by atoms with Crippen molar-refractivity contribution < 1.29 is 9.13 Å². The molecule has 0 saturated heterocycles. The minimum atomic E-state index is -0.0551. The molecule has 5 aromatic rings. The van der Waals surface area contributed by atoms with Crippen LogP contribution in [0.25, 0.3) is 27.9 Å². The van der Waals surface area contributed by atoms with Gasteiger partial charge in [-0.2, -0.15) is 14.1 Å². The Morgan fingerprint density at radius 2 is 2.00 bits per heavy atom. The van der Waals surface area contributed by atoms with Crippen LogP contribution in [0.3, 0.4) is 0 Å². The second-order valence-corrected chi connectivity index (χ2v) is 12.6. The Hall–Kier alpha value is -4.50. The molecule has 1 fully saturated rings. The number of anilines is 2. The molecule has 0 atom stereocenters. The smallest absolute Gasteiger partial charge is 0.260 e. The second kappa shape index (κ2) is 10.6. The van der Waals surface area contributed by atoms with E-state index in [0.29, 0.717) is 29.6 Å². The van der Waals surface area contributed by atoms with Gasteiger partial charge in [0.15, 0.2) is 0 Å². The molecule has 1 N–H and O–H groups in total. The van der Waals surface area contributed by atoms with Crippen LogP contribution >= 0.6 is 11.5 Å². The number of pyridine rings is 1. The molecule has 1 aromatic carbocycles. The summed E-state index contributed by atoms with van der Waals surface area (Å²) in [6.45, 7) is 5.81. The average Bonchev–Trinajstić information content (AvgIpc) is 3.37. The molecule has 8 rings (SSSR count). The van der Waals surface area contributed by atoms with Gasteiger partial charge in [0.05, 0.1) is 11.4 Å². The summed E-state index contributed by atoms with van der Waals surface area (Å²) in [5.41, 5.74) is 7.87. The predicted molar refractivity (Wildman–Crippen MR) is 168 cm³/mol. The maximum atomic E-state index is 14.0. The molecule has 0 amide bonds. The highest BCUT2D eigenvalue weighted by Crippen LogP contribution is 2.40. The molecule has 3 aliphatic rings. The van der Waals surface area contributed by atoms with Gasteiger partial charge in [-0.3, -0.25) is 9.36 Å². The number of nitrogens with one attached hydrogen (secondary N) is 1. The lowest BCUT2D eigenvalue weighted by atomic mass is 10.0. The van der Waals surface area contributed by atoms with Crippen LogP contribution in [0.1, 0.15) is 60.2 Å². The van der Waals surface area contributed by atoms with Gasteiger partial charge in [0.1, 0.15) is 12.2 Å². The number of allylic oxidation sites excluding steroid dienone is 3. The highest BCUT2D eigenvalue weighted by Gasteiger charge is 2.28. The molecular formula is C34H33N7OS+2. The second-order valence-electron chi connectivity index (χ2n) is 11.8. The van der Waals surface area contributed by atoms with Crippen molar-refractivity contribution in [3.63, 3.8) is 0 Å². The molecule has 1 aliphatic heterocycles. The molecule has 214 valence electrons. The SMILES string of the molecule is C=C(c1cc2cnc(Nc3ccc(-[n+]4cc[n+]5c(c4)CCC5)cc3)nc2n(Cc2cnsc2C2=CCCC2)c1=O)C1CC1. The Labute approximate surface area is 253 Å². The monoisotopic (exact) mass is 587 g/mol. The molecule has 5 heterocycles. The molecule has 0 unspecified atom stereocenters. The lowest BCUT2D eigenvalue weighted by Gasteiger charge is -2.15. The number of aromatic nitrogens is 6. The van der Waals surface area contributed by atoms with E-state index in [2.05, 4.69) is 67.2 Å². The first-order valence-electron chi connectivity index (χ1n) is 15.1. The molecular weight excluding hydrogens is 554 g/mol. The summed E-state index contributed by atoms with van der Waals surface area (Å²) in [7, 11) is 0. The van der Waals surface area contributed by atoms with Gasteiger partial charge in [-0.1, -0.05) is 12.7 Å². The van der Waals surface area contributed by atoms with Crippen LogP contribution in [-0.4, -0.2) is 18.9 Å². The third kappa shape index (κ3) is 4.97. The van der Waals surface area contributed by atoms with Crippen molar-refractivity contribution in [1.29, 1.82) is 0 Å². The van der Waals surface area contributed by atoms with E-state index in [9.17, 15) is 4.79 Å². The summed E-state index contributed by atoms with van der Waals surface area (Å²) in [4.78, 5) is 24.7. The molecule has 1 saturated carbocycles. The molecule has 0 spiro atoms. The van der Waals surface area contributed by atoms with Gasteiger partial charge in [0.2, 0.25) is 35.9 Å². The lowest BCUT2D eigenvalue weighted by Crippen LogP contribution is -2.41. The Morgan fingerprint density at radius 3 is 2.81 bits per heavy atom. The Morgan fingerprint density at radius 1 is 1.12 bits per heavy atom.